The summed E-state index contributed by atoms with van der Waals surface area (Å²) in [4.78, 5) is 29.6. The molecule has 2 saturated carbocycles. The van der Waals surface area contributed by atoms with Crippen LogP contribution in [0.5, 0.6) is 0 Å². The number of hydrogen-bond donors (Lipinski definition) is 1. The van der Waals surface area contributed by atoms with Gasteiger partial charge in [-0.1, -0.05) is 30.3 Å². The number of hydrogen-bond acceptors (Lipinski definition) is 5. The van der Waals surface area contributed by atoms with E-state index in [0.717, 1.165) is 36.0 Å². The molecule has 2 aliphatic carbocycles. The Labute approximate surface area is 254 Å². The molecule has 2 heterocycles. The highest BCUT2D eigenvalue weighted by atomic mass is 19.3. The molecule has 2 aromatic carbocycles. The molecule has 12 heteroatoms. The summed E-state index contributed by atoms with van der Waals surface area (Å²) in [5, 5.41) is 4.42. The lowest BCUT2D eigenvalue weighted by Gasteiger charge is -2.23. The fraction of sp³-hybridized carbons (Fsp3) is 0.303. The lowest BCUT2D eigenvalue weighted by Crippen LogP contribution is -2.38. The first-order chi connectivity index (χ1) is 21.6. The van der Waals surface area contributed by atoms with Gasteiger partial charge >= 0.3 is 0 Å². The van der Waals surface area contributed by atoms with Crippen molar-refractivity contribution in [3.05, 3.63) is 96.1 Å². The number of aliphatic imine (C=N–C) groups is 2. The van der Waals surface area contributed by atoms with E-state index < -0.39 is 71.7 Å². The molecule has 4 atom stereocenters. The van der Waals surface area contributed by atoms with Crippen LogP contribution in [0.2, 0.25) is 0 Å². The third-order valence-corrected chi connectivity index (χ3v) is 8.39. The van der Waals surface area contributed by atoms with Crippen molar-refractivity contribution in [2.45, 2.75) is 31.2 Å². The molecule has 1 N–H and O–H groups in total. The van der Waals surface area contributed by atoms with Gasteiger partial charge in [0.25, 0.3) is 12.3 Å². The Kier molecular flexibility index (Phi) is 8.15. The number of nitrogens with one attached hydrogen (secondary N) is 1. The number of pyridine rings is 2. The van der Waals surface area contributed by atoms with Gasteiger partial charge < -0.3 is 5.32 Å². The number of benzene rings is 2. The summed E-state index contributed by atoms with van der Waals surface area (Å²) in [5.74, 6) is -9.08. The number of alkyl halides is 4. The van der Waals surface area contributed by atoms with Crippen molar-refractivity contribution in [3.63, 3.8) is 0 Å². The number of amides is 1. The van der Waals surface area contributed by atoms with Gasteiger partial charge in [-0.3, -0.25) is 24.7 Å². The van der Waals surface area contributed by atoms with Crippen LogP contribution in [0.4, 0.5) is 26.3 Å². The van der Waals surface area contributed by atoms with Gasteiger partial charge in [0, 0.05) is 54.1 Å². The van der Waals surface area contributed by atoms with E-state index in [0.29, 0.717) is 16.8 Å². The van der Waals surface area contributed by atoms with Gasteiger partial charge in [-0.15, -0.1) is 0 Å². The van der Waals surface area contributed by atoms with Crippen LogP contribution in [0.3, 0.4) is 0 Å². The molecular formula is C33H27F6N5O. The zero-order valence-electron chi connectivity index (χ0n) is 23.9. The minimum Gasteiger partial charge on any atom is -0.346 e. The molecular weight excluding hydrogens is 596 g/mol. The Morgan fingerprint density at radius 2 is 1.80 bits per heavy atom. The third-order valence-electron chi connectivity index (χ3n) is 8.39. The van der Waals surface area contributed by atoms with Gasteiger partial charge in [-0.25, -0.2) is 17.6 Å². The van der Waals surface area contributed by atoms with Gasteiger partial charge in [0.15, 0.2) is 0 Å². The predicted octanol–water partition coefficient (Wildman–Crippen LogP) is 6.65. The SMILES string of the molecule is CN=C(C(F)F)C1C(=NCC(=O)NC(Cc2cc(F)cc(F)c2)c2ncccc2-c2cncc3ccccc23)C(F)(F)C2CC12. The average Bonchev–Trinajstić information content (AvgIpc) is 3.77. The molecule has 1 amide bonds. The molecule has 0 bridgehead atoms. The van der Waals surface area contributed by atoms with Gasteiger partial charge in [-0.2, -0.15) is 8.78 Å². The van der Waals surface area contributed by atoms with Crippen molar-refractivity contribution in [2.24, 2.45) is 27.7 Å². The highest BCUT2D eigenvalue weighted by molar-refractivity contribution is 6.14. The second-order valence-electron chi connectivity index (χ2n) is 11.2. The van der Waals surface area contributed by atoms with E-state index in [2.05, 4.69) is 25.3 Å². The van der Waals surface area contributed by atoms with Crippen LogP contribution in [0, 0.1) is 29.4 Å². The van der Waals surface area contributed by atoms with Crippen LogP contribution in [0.15, 0.2) is 83.2 Å². The first-order valence-electron chi connectivity index (χ1n) is 14.3. The molecule has 4 aromatic rings. The van der Waals surface area contributed by atoms with E-state index in [9.17, 15) is 22.4 Å². The van der Waals surface area contributed by atoms with E-state index in [1.807, 2.05) is 24.3 Å². The topological polar surface area (TPSA) is 79.6 Å². The average molecular weight is 624 g/mol. The second-order valence-corrected chi connectivity index (χ2v) is 11.2. The normalized spacial score (nSPS) is 22.1. The molecule has 45 heavy (non-hydrogen) atoms. The quantitative estimate of drug-likeness (QED) is 0.168. The van der Waals surface area contributed by atoms with Gasteiger partial charge in [0.2, 0.25) is 5.91 Å². The summed E-state index contributed by atoms with van der Waals surface area (Å²) in [7, 11) is 1.12. The molecule has 6 nitrogen and oxygen atoms in total. The number of fused-ring (bicyclic) bond motifs is 2. The van der Waals surface area contributed by atoms with E-state index in [4.69, 9.17) is 0 Å². The molecule has 2 aromatic heterocycles. The summed E-state index contributed by atoms with van der Waals surface area (Å²) in [6.45, 7) is -0.785. The first kappa shape index (κ1) is 30.4. The summed E-state index contributed by atoms with van der Waals surface area (Å²) in [5.41, 5.74) is 0.367. The van der Waals surface area contributed by atoms with Gasteiger partial charge in [0.05, 0.1) is 29.1 Å². The standard InChI is InChI=1S/C33H27F6N5O/c1-40-30(32(36)37)28-23-13-25(23)33(38,39)31(28)43-16-27(45)44-26(11-17-9-19(34)12-20(35)10-17)29-22(7-4-8-42-29)24-15-41-14-18-5-2-3-6-21(18)24/h2-10,12,14-15,23,25-26,28,32H,11,13,16H2,1H3,(H,44,45). The van der Waals surface area contributed by atoms with Crippen LogP contribution >= 0.6 is 0 Å². The number of carbonyl (C=O) groups is 1. The van der Waals surface area contributed by atoms with Crippen molar-refractivity contribution in [2.75, 3.05) is 13.6 Å². The van der Waals surface area contributed by atoms with Crippen LogP contribution in [-0.4, -0.2) is 53.2 Å². The van der Waals surface area contributed by atoms with Crippen molar-refractivity contribution in [1.82, 2.24) is 15.3 Å². The molecule has 0 spiro atoms. The fourth-order valence-electron chi connectivity index (χ4n) is 6.37. The summed E-state index contributed by atoms with van der Waals surface area (Å²) in [6, 6.07) is 12.9. The van der Waals surface area contributed by atoms with Gasteiger partial charge in [0.1, 0.15) is 18.2 Å². The Balaban J connectivity index is 1.35. The monoisotopic (exact) mass is 623 g/mol. The maximum absolute atomic E-state index is 15.1. The summed E-state index contributed by atoms with van der Waals surface area (Å²) < 4.78 is 85.9. The van der Waals surface area contributed by atoms with E-state index in [1.54, 1.807) is 24.5 Å². The van der Waals surface area contributed by atoms with E-state index in [1.165, 1.54) is 6.20 Å². The third kappa shape index (κ3) is 5.93. The second kappa shape index (κ2) is 12.1. The van der Waals surface area contributed by atoms with Crippen molar-refractivity contribution in [1.29, 1.82) is 0 Å². The molecule has 2 aliphatic rings. The van der Waals surface area contributed by atoms with Crippen molar-refractivity contribution in [3.8, 4) is 11.1 Å². The van der Waals surface area contributed by atoms with E-state index >= 15 is 8.78 Å². The highest BCUT2D eigenvalue weighted by Crippen LogP contribution is 2.62. The molecule has 2 fully saturated rings. The van der Waals surface area contributed by atoms with Crippen molar-refractivity contribution >= 4 is 28.1 Å². The number of aromatic nitrogens is 2. The number of nitrogens with zero attached hydrogens (tertiary/aromatic N) is 4. The number of carbonyl (C=O) groups excluding carboxylic acids is 1. The smallest absolute Gasteiger partial charge is 0.289 e. The minimum atomic E-state index is -3.45. The van der Waals surface area contributed by atoms with Crippen LogP contribution < -0.4 is 5.32 Å². The summed E-state index contributed by atoms with van der Waals surface area (Å²) in [6.07, 6.45) is 1.75. The number of rotatable bonds is 9. The fourth-order valence-corrected chi connectivity index (χ4v) is 6.37. The molecule has 4 unspecified atom stereocenters. The maximum Gasteiger partial charge on any atom is 0.289 e. The largest absolute Gasteiger partial charge is 0.346 e. The highest BCUT2D eigenvalue weighted by Gasteiger charge is 2.70. The zero-order chi connectivity index (χ0) is 31.9. The first-order valence-corrected chi connectivity index (χ1v) is 14.3. The molecule has 0 aliphatic heterocycles. The Hall–Kier alpha value is -4.61. The lowest BCUT2D eigenvalue weighted by molar-refractivity contribution is -0.120. The molecule has 232 valence electrons. The Morgan fingerprint density at radius 1 is 1.04 bits per heavy atom. The summed E-state index contributed by atoms with van der Waals surface area (Å²) >= 11 is 0. The predicted molar refractivity (Wildman–Crippen MR) is 158 cm³/mol. The van der Waals surface area contributed by atoms with Crippen LogP contribution in [0.1, 0.15) is 23.7 Å². The van der Waals surface area contributed by atoms with Crippen molar-refractivity contribution < 1.29 is 31.1 Å². The maximum atomic E-state index is 15.1. The Morgan fingerprint density at radius 3 is 2.53 bits per heavy atom. The van der Waals surface area contributed by atoms with Gasteiger partial charge in [-0.05, 0) is 47.9 Å². The number of halogens is 6. The zero-order valence-corrected chi connectivity index (χ0v) is 23.9. The Bertz CT molecular complexity index is 1800. The van der Waals surface area contributed by atoms with Crippen LogP contribution in [0.25, 0.3) is 21.9 Å². The lowest BCUT2D eigenvalue weighted by atomic mass is 9.93. The molecule has 0 radical (unpaired) electrons. The molecule has 6 rings (SSSR count). The van der Waals surface area contributed by atoms with Crippen LogP contribution in [-0.2, 0) is 11.2 Å². The molecule has 0 saturated heterocycles. The minimum absolute atomic E-state index is 0.0758. The van der Waals surface area contributed by atoms with E-state index in [-0.39, 0.29) is 18.4 Å².